The fraction of sp³-hybridized carbons (Fsp3) is 0.917. The number of hydrogen-bond acceptors (Lipinski definition) is 3. The Bertz CT molecular complexity index is 257. The Morgan fingerprint density at radius 1 is 1.38 bits per heavy atom. The van der Waals surface area contributed by atoms with Crippen LogP contribution in [-0.2, 0) is 0 Å². The third-order valence-corrected chi connectivity index (χ3v) is 4.34. The van der Waals surface area contributed by atoms with E-state index in [4.69, 9.17) is 18.0 Å². The largest absolute Gasteiger partial charge is 0.393 e. The van der Waals surface area contributed by atoms with E-state index in [2.05, 4.69) is 16.7 Å². The Labute approximate surface area is 104 Å². The van der Waals surface area contributed by atoms with Crippen LogP contribution in [0.5, 0.6) is 0 Å². The fourth-order valence-electron chi connectivity index (χ4n) is 2.86. The van der Waals surface area contributed by atoms with Gasteiger partial charge in [0.1, 0.15) is 0 Å². The molecule has 0 aromatic heterocycles. The van der Waals surface area contributed by atoms with E-state index in [-0.39, 0.29) is 0 Å². The molecule has 92 valence electrons. The number of nitrogens with zero attached hydrogens (tertiary/aromatic N) is 2. The summed E-state index contributed by atoms with van der Waals surface area (Å²) in [6.07, 6.45) is 4.16. The van der Waals surface area contributed by atoms with E-state index >= 15 is 0 Å². The molecular formula is C12H23N3S. The SMILES string of the molecule is CC(CN1CCN2CCCCC2C1)C(N)=S. The molecule has 2 rings (SSSR count). The summed E-state index contributed by atoms with van der Waals surface area (Å²) in [5, 5.41) is 0. The molecule has 0 bridgehead atoms. The van der Waals surface area contributed by atoms with Gasteiger partial charge in [-0.25, -0.2) is 0 Å². The summed E-state index contributed by atoms with van der Waals surface area (Å²) in [6.45, 7) is 8.11. The second-order valence-electron chi connectivity index (χ2n) is 5.25. The molecule has 2 aliphatic heterocycles. The maximum Gasteiger partial charge on any atom is 0.0768 e. The minimum atomic E-state index is 0.352. The van der Waals surface area contributed by atoms with E-state index in [1.165, 1.54) is 45.4 Å². The fourth-order valence-corrected chi connectivity index (χ4v) is 2.94. The molecule has 2 atom stereocenters. The van der Waals surface area contributed by atoms with Crippen molar-refractivity contribution in [2.24, 2.45) is 11.7 Å². The molecule has 0 saturated carbocycles. The molecule has 0 aromatic carbocycles. The zero-order chi connectivity index (χ0) is 11.5. The summed E-state index contributed by atoms with van der Waals surface area (Å²) in [4.78, 5) is 5.85. The van der Waals surface area contributed by atoms with E-state index in [1.54, 1.807) is 0 Å². The van der Waals surface area contributed by atoms with Crippen LogP contribution < -0.4 is 5.73 Å². The van der Waals surface area contributed by atoms with Gasteiger partial charge in [0, 0.05) is 38.1 Å². The van der Waals surface area contributed by atoms with Crippen molar-refractivity contribution in [3.8, 4) is 0 Å². The molecule has 0 radical (unpaired) electrons. The maximum absolute atomic E-state index is 5.68. The summed E-state index contributed by atoms with van der Waals surface area (Å²) < 4.78 is 0. The quantitative estimate of drug-likeness (QED) is 0.750. The van der Waals surface area contributed by atoms with E-state index < -0.39 is 0 Å². The van der Waals surface area contributed by atoms with Crippen LogP contribution in [0.25, 0.3) is 0 Å². The first kappa shape index (κ1) is 12.3. The Morgan fingerprint density at radius 2 is 2.19 bits per heavy atom. The number of nitrogens with two attached hydrogens (primary N) is 1. The molecule has 2 aliphatic rings. The van der Waals surface area contributed by atoms with Crippen LogP contribution in [0.1, 0.15) is 26.2 Å². The third-order valence-electron chi connectivity index (χ3n) is 3.94. The summed E-state index contributed by atoms with van der Waals surface area (Å²) in [7, 11) is 0. The van der Waals surface area contributed by atoms with Crippen molar-refractivity contribution in [1.82, 2.24) is 9.80 Å². The third kappa shape index (κ3) is 2.93. The summed E-state index contributed by atoms with van der Waals surface area (Å²) in [6, 6.07) is 0.793. The monoisotopic (exact) mass is 241 g/mol. The Hall–Kier alpha value is -0.190. The standard InChI is InChI=1S/C12H23N3S/c1-10(12(13)16)8-14-6-7-15-5-3-2-4-11(15)9-14/h10-11H,2-9H2,1H3,(H2,13,16). The maximum atomic E-state index is 5.68. The number of hydrogen-bond donors (Lipinski definition) is 1. The highest BCUT2D eigenvalue weighted by atomic mass is 32.1. The zero-order valence-corrected chi connectivity index (χ0v) is 11.0. The molecule has 0 aliphatic carbocycles. The molecule has 0 amide bonds. The predicted octanol–water partition coefficient (Wildman–Crippen LogP) is 1.08. The molecule has 2 saturated heterocycles. The van der Waals surface area contributed by atoms with Crippen LogP contribution in [-0.4, -0.2) is 53.6 Å². The highest BCUT2D eigenvalue weighted by molar-refractivity contribution is 7.80. The predicted molar refractivity (Wildman–Crippen MR) is 71.6 cm³/mol. The molecule has 16 heavy (non-hydrogen) atoms. The van der Waals surface area contributed by atoms with Crippen LogP contribution in [0.15, 0.2) is 0 Å². The minimum absolute atomic E-state index is 0.352. The lowest BCUT2D eigenvalue weighted by Gasteiger charge is -2.44. The molecule has 4 heteroatoms. The Morgan fingerprint density at radius 3 is 2.94 bits per heavy atom. The first-order chi connectivity index (χ1) is 7.66. The Kier molecular flexibility index (Phi) is 4.16. The lowest BCUT2D eigenvalue weighted by molar-refractivity contribution is 0.0466. The topological polar surface area (TPSA) is 32.5 Å². The lowest BCUT2D eigenvalue weighted by atomic mass is 9.99. The average Bonchev–Trinajstić information content (AvgIpc) is 2.28. The smallest absolute Gasteiger partial charge is 0.0768 e. The molecule has 0 spiro atoms. The molecular weight excluding hydrogens is 218 g/mol. The van der Waals surface area contributed by atoms with Gasteiger partial charge in [0.05, 0.1) is 4.99 Å². The van der Waals surface area contributed by atoms with Gasteiger partial charge < -0.3 is 5.73 Å². The van der Waals surface area contributed by atoms with Crippen LogP contribution in [0.4, 0.5) is 0 Å². The Balaban J connectivity index is 1.83. The van der Waals surface area contributed by atoms with Gasteiger partial charge in [0.25, 0.3) is 0 Å². The number of fused-ring (bicyclic) bond motifs is 1. The first-order valence-corrected chi connectivity index (χ1v) is 6.83. The van der Waals surface area contributed by atoms with Gasteiger partial charge in [-0.1, -0.05) is 25.6 Å². The number of piperazine rings is 1. The van der Waals surface area contributed by atoms with Gasteiger partial charge in [-0.05, 0) is 19.4 Å². The zero-order valence-electron chi connectivity index (χ0n) is 10.2. The van der Waals surface area contributed by atoms with E-state index in [0.717, 1.165) is 12.6 Å². The van der Waals surface area contributed by atoms with Crippen molar-refractivity contribution < 1.29 is 0 Å². The summed E-state index contributed by atoms with van der Waals surface area (Å²) in [5.74, 6) is 0.352. The van der Waals surface area contributed by atoms with E-state index in [0.29, 0.717) is 10.9 Å². The van der Waals surface area contributed by atoms with Gasteiger partial charge in [0.2, 0.25) is 0 Å². The molecule has 2 unspecified atom stereocenters. The van der Waals surface area contributed by atoms with Crippen molar-refractivity contribution in [3.63, 3.8) is 0 Å². The molecule has 0 aromatic rings. The molecule has 3 nitrogen and oxygen atoms in total. The first-order valence-electron chi connectivity index (χ1n) is 6.42. The summed E-state index contributed by atoms with van der Waals surface area (Å²) >= 11 is 5.04. The van der Waals surface area contributed by atoms with Crippen molar-refractivity contribution in [2.75, 3.05) is 32.7 Å². The van der Waals surface area contributed by atoms with Crippen molar-refractivity contribution in [3.05, 3.63) is 0 Å². The summed E-state index contributed by atoms with van der Waals surface area (Å²) in [5.41, 5.74) is 5.68. The van der Waals surface area contributed by atoms with Gasteiger partial charge in [-0.3, -0.25) is 9.80 Å². The minimum Gasteiger partial charge on any atom is -0.393 e. The number of piperidine rings is 1. The van der Waals surface area contributed by atoms with Crippen molar-refractivity contribution in [1.29, 1.82) is 0 Å². The van der Waals surface area contributed by atoms with Crippen LogP contribution in [0.3, 0.4) is 0 Å². The molecule has 2 heterocycles. The average molecular weight is 241 g/mol. The highest BCUT2D eigenvalue weighted by Gasteiger charge is 2.29. The van der Waals surface area contributed by atoms with Crippen molar-refractivity contribution >= 4 is 17.2 Å². The molecule has 2 fully saturated rings. The highest BCUT2D eigenvalue weighted by Crippen LogP contribution is 2.21. The lowest BCUT2D eigenvalue weighted by Crippen LogP contribution is -2.55. The van der Waals surface area contributed by atoms with E-state index in [1.807, 2.05) is 0 Å². The molecule has 2 N–H and O–H groups in total. The van der Waals surface area contributed by atoms with Gasteiger partial charge in [-0.2, -0.15) is 0 Å². The van der Waals surface area contributed by atoms with Crippen LogP contribution in [0, 0.1) is 5.92 Å². The second kappa shape index (κ2) is 5.43. The van der Waals surface area contributed by atoms with Gasteiger partial charge >= 0.3 is 0 Å². The van der Waals surface area contributed by atoms with Crippen molar-refractivity contribution in [2.45, 2.75) is 32.2 Å². The van der Waals surface area contributed by atoms with Crippen LogP contribution in [0.2, 0.25) is 0 Å². The number of rotatable bonds is 3. The van der Waals surface area contributed by atoms with Gasteiger partial charge in [0.15, 0.2) is 0 Å². The van der Waals surface area contributed by atoms with Crippen LogP contribution >= 0.6 is 12.2 Å². The van der Waals surface area contributed by atoms with Gasteiger partial charge in [-0.15, -0.1) is 0 Å². The number of thiocarbonyl (C=S) groups is 1. The van der Waals surface area contributed by atoms with E-state index in [9.17, 15) is 0 Å². The second-order valence-corrected chi connectivity index (χ2v) is 5.72. The normalized spacial score (nSPS) is 29.7.